The summed E-state index contributed by atoms with van der Waals surface area (Å²) in [5.74, 6) is 3.55. The number of carbonyl (C=O) groups is 1. The van der Waals surface area contributed by atoms with Gasteiger partial charge in [0.2, 0.25) is 0 Å². The molecule has 18 heavy (non-hydrogen) atoms. The van der Waals surface area contributed by atoms with Crippen LogP contribution in [0.2, 0.25) is 19.6 Å². The Morgan fingerprint density at radius 3 is 2.28 bits per heavy atom. The second kappa shape index (κ2) is 5.05. The number of carbonyl (C=O) groups excluding carboxylic acids is 1. The van der Waals surface area contributed by atoms with Crippen molar-refractivity contribution in [2.45, 2.75) is 59.7 Å². The fourth-order valence-corrected chi connectivity index (χ4v) is 3.40. The molecule has 0 heterocycles. The van der Waals surface area contributed by atoms with Gasteiger partial charge in [-0.05, 0) is 23.3 Å². The number of hydrogen-bond donors (Lipinski definition) is 0. The molecule has 0 bridgehead atoms. The van der Waals surface area contributed by atoms with Crippen molar-refractivity contribution in [3.8, 4) is 11.5 Å². The molecule has 1 nitrogen and oxygen atoms in total. The first-order valence-electron chi connectivity index (χ1n) is 6.74. The van der Waals surface area contributed by atoms with Gasteiger partial charge in [0.25, 0.3) is 0 Å². The Bertz CT molecular complexity index is 415. The molecule has 1 unspecified atom stereocenters. The van der Waals surface area contributed by atoms with Gasteiger partial charge in [-0.3, -0.25) is 4.79 Å². The Hall–Kier alpha value is -0.813. The van der Waals surface area contributed by atoms with Crippen LogP contribution in [0.25, 0.3) is 0 Å². The van der Waals surface area contributed by atoms with E-state index in [0.717, 1.165) is 12.8 Å². The molecule has 0 aliphatic heterocycles. The highest BCUT2D eigenvalue weighted by Crippen LogP contribution is 2.45. The molecule has 0 N–H and O–H groups in total. The van der Waals surface area contributed by atoms with E-state index < -0.39 is 8.07 Å². The van der Waals surface area contributed by atoms with Crippen molar-refractivity contribution in [2.75, 3.05) is 0 Å². The van der Waals surface area contributed by atoms with E-state index in [-0.39, 0.29) is 10.8 Å². The molecule has 0 spiro atoms. The van der Waals surface area contributed by atoms with Crippen molar-refractivity contribution in [3.05, 3.63) is 12.2 Å². The second-order valence-corrected chi connectivity index (χ2v) is 12.5. The highest BCUT2D eigenvalue weighted by molar-refractivity contribution is 6.83. The summed E-state index contributed by atoms with van der Waals surface area (Å²) in [5, 5.41) is 0. The summed E-state index contributed by atoms with van der Waals surface area (Å²) in [6, 6.07) is 0. The third kappa shape index (κ3) is 5.22. The van der Waals surface area contributed by atoms with Gasteiger partial charge < -0.3 is 0 Å². The van der Waals surface area contributed by atoms with Gasteiger partial charge in [-0.25, -0.2) is 0 Å². The molecule has 0 aromatic rings. The van der Waals surface area contributed by atoms with Crippen LogP contribution in [0.1, 0.15) is 40.0 Å². The highest BCUT2D eigenvalue weighted by Gasteiger charge is 2.38. The summed E-state index contributed by atoms with van der Waals surface area (Å²) in [6.07, 6.45) is 6.57. The van der Waals surface area contributed by atoms with E-state index in [1.807, 2.05) is 6.08 Å². The van der Waals surface area contributed by atoms with E-state index in [1.165, 1.54) is 0 Å². The lowest BCUT2D eigenvalue weighted by Crippen LogP contribution is -2.34. The topological polar surface area (TPSA) is 17.1 Å². The van der Waals surface area contributed by atoms with Crippen molar-refractivity contribution in [3.63, 3.8) is 0 Å². The molecular weight excluding hydrogens is 236 g/mol. The standard InChI is InChI=1S/C16H26OSi/c1-15(2)11-14(17)12-16(3,13-15)9-7-8-10-18(4,5)6/h7,9H,11-13H2,1-6H3/b9-7-. The van der Waals surface area contributed by atoms with E-state index in [0.29, 0.717) is 12.2 Å². The van der Waals surface area contributed by atoms with Crippen LogP contribution < -0.4 is 0 Å². The predicted molar refractivity (Wildman–Crippen MR) is 81.0 cm³/mol. The first-order valence-corrected chi connectivity index (χ1v) is 10.2. The van der Waals surface area contributed by atoms with E-state index in [2.05, 4.69) is 58.0 Å². The van der Waals surface area contributed by atoms with Crippen LogP contribution in [0, 0.1) is 22.3 Å². The minimum Gasteiger partial charge on any atom is -0.300 e. The number of ketones is 1. The molecule has 2 heteroatoms. The van der Waals surface area contributed by atoms with Gasteiger partial charge in [0, 0.05) is 12.8 Å². The van der Waals surface area contributed by atoms with Crippen LogP contribution in [0.15, 0.2) is 12.2 Å². The van der Waals surface area contributed by atoms with E-state index in [4.69, 9.17) is 0 Å². The van der Waals surface area contributed by atoms with Crippen molar-refractivity contribution >= 4 is 13.9 Å². The summed E-state index contributed by atoms with van der Waals surface area (Å²) in [7, 11) is -1.29. The zero-order valence-electron chi connectivity index (χ0n) is 12.7. The molecule has 1 aliphatic carbocycles. The largest absolute Gasteiger partial charge is 0.300 e. The maximum atomic E-state index is 11.8. The van der Waals surface area contributed by atoms with Gasteiger partial charge in [0.05, 0.1) is 0 Å². The van der Waals surface area contributed by atoms with Crippen LogP contribution in [0.5, 0.6) is 0 Å². The molecule has 0 aromatic carbocycles. The summed E-state index contributed by atoms with van der Waals surface area (Å²) in [6.45, 7) is 13.3. The third-order valence-corrected chi connectivity index (χ3v) is 4.07. The first kappa shape index (κ1) is 15.2. The van der Waals surface area contributed by atoms with Gasteiger partial charge >= 0.3 is 0 Å². The summed E-state index contributed by atoms with van der Waals surface area (Å²) in [5.41, 5.74) is 3.45. The fraction of sp³-hybridized carbons (Fsp3) is 0.688. The number of Topliss-reactive ketones (excluding diaryl/α,β-unsaturated/α-hetero) is 1. The van der Waals surface area contributed by atoms with Crippen LogP contribution >= 0.6 is 0 Å². The van der Waals surface area contributed by atoms with Gasteiger partial charge in [-0.1, -0.05) is 52.4 Å². The van der Waals surface area contributed by atoms with E-state index in [9.17, 15) is 4.79 Å². The average Bonchev–Trinajstić information content (AvgIpc) is 2.06. The van der Waals surface area contributed by atoms with Gasteiger partial charge in [-0.2, -0.15) is 0 Å². The quantitative estimate of drug-likeness (QED) is 0.511. The summed E-state index contributed by atoms with van der Waals surface area (Å²) in [4.78, 5) is 11.8. The molecule has 1 rings (SSSR count). The Morgan fingerprint density at radius 1 is 1.17 bits per heavy atom. The van der Waals surface area contributed by atoms with Crippen LogP contribution in [-0.4, -0.2) is 13.9 Å². The number of allylic oxidation sites excluding steroid dienone is 2. The Morgan fingerprint density at radius 2 is 1.78 bits per heavy atom. The predicted octanol–water partition coefficient (Wildman–Crippen LogP) is 4.21. The molecule has 0 saturated heterocycles. The van der Waals surface area contributed by atoms with Gasteiger partial charge in [-0.15, -0.1) is 5.54 Å². The molecule has 0 aromatic heterocycles. The van der Waals surface area contributed by atoms with E-state index >= 15 is 0 Å². The Kier molecular flexibility index (Phi) is 4.28. The summed E-state index contributed by atoms with van der Waals surface area (Å²) < 4.78 is 0. The lowest BCUT2D eigenvalue weighted by molar-refractivity contribution is -0.126. The molecular formula is C16H26OSi. The lowest BCUT2D eigenvalue weighted by Gasteiger charge is -2.40. The van der Waals surface area contributed by atoms with Crippen molar-refractivity contribution in [1.82, 2.24) is 0 Å². The minimum atomic E-state index is -1.29. The zero-order valence-corrected chi connectivity index (χ0v) is 13.7. The average molecular weight is 262 g/mol. The van der Waals surface area contributed by atoms with Crippen molar-refractivity contribution < 1.29 is 4.79 Å². The maximum Gasteiger partial charge on any atom is 0.134 e. The van der Waals surface area contributed by atoms with Gasteiger partial charge in [0.1, 0.15) is 13.9 Å². The number of rotatable bonds is 1. The monoisotopic (exact) mass is 262 g/mol. The normalized spacial score (nSPS) is 28.0. The molecule has 1 atom stereocenters. The van der Waals surface area contributed by atoms with Gasteiger partial charge in [0.15, 0.2) is 0 Å². The molecule has 100 valence electrons. The Balaban J connectivity index is 2.78. The molecule has 1 fully saturated rings. The maximum absolute atomic E-state index is 11.8. The van der Waals surface area contributed by atoms with E-state index in [1.54, 1.807) is 0 Å². The van der Waals surface area contributed by atoms with Crippen molar-refractivity contribution in [2.24, 2.45) is 10.8 Å². The molecule has 1 aliphatic rings. The van der Waals surface area contributed by atoms with Crippen LogP contribution in [0.3, 0.4) is 0 Å². The molecule has 0 radical (unpaired) electrons. The summed E-state index contributed by atoms with van der Waals surface area (Å²) >= 11 is 0. The molecule has 0 amide bonds. The Labute approximate surface area is 113 Å². The van der Waals surface area contributed by atoms with Crippen LogP contribution in [-0.2, 0) is 4.79 Å². The van der Waals surface area contributed by atoms with Crippen molar-refractivity contribution in [1.29, 1.82) is 0 Å². The minimum absolute atomic E-state index is 0.00699. The fourth-order valence-electron chi connectivity index (χ4n) is 2.88. The lowest BCUT2D eigenvalue weighted by atomic mass is 9.64. The highest BCUT2D eigenvalue weighted by atomic mass is 28.3. The SMILES string of the molecule is CC1(C)CC(=O)CC(C)(/C=C\C#C[Si](C)(C)C)C1. The third-order valence-electron chi connectivity index (χ3n) is 3.18. The smallest absolute Gasteiger partial charge is 0.134 e. The second-order valence-electron chi connectivity index (χ2n) is 7.74. The number of hydrogen-bond acceptors (Lipinski definition) is 1. The zero-order chi connectivity index (χ0) is 14.0. The molecule has 1 saturated carbocycles. The van der Waals surface area contributed by atoms with Crippen LogP contribution in [0.4, 0.5) is 0 Å². The first-order chi connectivity index (χ1) is 8.02.